The van der Waals surface area contributed by atoms with Crippen LogP contribution in [-0.4, -0.2) is 43.0 Å². The molecule has 1 rings (SSSR count). The van der Waals surface area contributed by atoms with E-state index >= 15 is 0 Å². The standard InChI is InChI=1S/C8H16N2/c1-3-4-10-7-5-9(2)6-8-10/h3-4H,5-8H2,1-2H3/b4-3-. The zero-order valence-electron chi connectivity index (χ0n) is 6.88. The Morgan fingerprint density at radius 2 is 1.70 bits per heavy atom. The van der Waals surface area contributed by atoms with E-state index in [2.05, 4.69) is 36.0 Å². The number of rotatable bonds is 1. The molecule has 58 valence electrons. The first kappa shape index (κ1) is 7.61. The van der Waals surface area contributed by atoms with Crippen molar-refractivity contribution in [3.8, 4) is 0 Å². The largest absolute Gasteiger partial charge is 0.375 e. The number of likely N-dealkylation sites (N-methyl/N-ethyl adjacent to an activating group) is 1. The maximum atomic E-state index is 2.36. The minimum absolute atomic E-state index is 1.18. The van der Waals surface area contributed by atoms with Gasteiger partial charge in [0.1, 0.15) is 0 Å². The maximum absolute atomic E-state index is 2.36. The predicted octanol–water partition coefficient (Wildman–Crippen LogP) is 0.767. The van der Waals surface area contributed by atoms with Crippen molar-refractivity contribution in [2.24, 2.45) is 0 Å². The Bertz CT molecular complexity index is 112. The van der Waals surface area contributed by atoms with E-state index in [4.69, 9.17) is 0 Å². The molecule has 1 heterocycles. The summed E-state index contributed by atoms with van der Waals surface area (Å²) in [5.74, 6) is 0. The van der Waals surface area contributed by atoms with Crippen LogP contribution in [0, 0.1) is 0 Å². The van der Waals surface area contributed by atoms with Crippen molar-refractivity contribution in [3.05, 3.63) is 12.3 Å². The molecule has 0 radical (unpaired) electrons. The Morgan fingerprint density at radius 3 is 2.20 bits per heavy atom. The molecule has 0 unspecified atom stereocenters. The van der Waals surface area contributed by atoms with Crippen molar-refractivity contribution < 1.29 is 0 Å². The third-order valence-electron chi connectivity index (χ3n) is 1.90. The molecule has 2 nitrogen and oxygen atoms in total. The van der Waals surface area contributed by atoms with E-state index in [1.54, 1.807) is 0 Å². The summed E-state index contributed by atoms with van der Waals surface area (Å²) in [5.41, 5.74) is 0. The first-order valence-corrected chi connectivity index (χ1v) is 3.88. The fourth-order valence-electron chi connectivity index (χ4n) is 1.18. The van der Waals surface area contributed by atoms with Gasteiger partial charge in [0.05, 0.1) is 0 Å². The second-order valence-corrected chi connectivity index (χ2v) is 2.82. The third kappa shape index (κ3) is 2.03. The minimum atomic E-state index is 1.18. The van der Waals surface area contributed by atoms with E-state index < -0.39 is 0 Å². The average molecular weight is 140 g/mol. The van der Waals surface area contributed by atoms with Gasteiger partial charge >= 0.3 is 0 Å². The van der Waals surface area contributed by atoms with Gasteiger partial charge in [-0.15, -0.1) is 0 Å². The van der Waals surface area contributed by atoms with E-state index in [9.17, 15) is 0 Å². The van der Waals surface area contributed by atoms with Crippen molar-refractivity contribution in [1.82, 2.24) is 9.80 Å². The van der Waals surface area contributed by atoms with Gasteiger partial charge in [-0.1, -0.05) is 6.08 Å². The normalized spacial score (nSPS) is 22.4. The van der Waals surface area contributed by atoms with Crippen LogP contribution < -0.4 is 0 Å². The van der Waals surface area contributed by atoms with Crippen molar-refractivity contribution in [2.45, 2.75) is 6.92 Å². The number of hydrogen-bond donors (Lipinski definition) is 0. The van der Waals surface area contributed by atoms with Crippen LogP contribution in [-0.2, 0) is 0 Å². The Labute approximate surface area is 63.1 Å². The molecule has 0 aromatic heterocycles. The molecule has 2 heteroatoms. The van der Waals surface area contributed by atoms with Crippen LogP contribution in [0.1, 0.15) is 6.92 Å². The molecule has 0 aliphatic carbocycles. The van der Waals surface area contributed by atoms with Crippen LogP contribution in [0.2, 0.25) is 0 Å². The van der Waals surface area contributed by atoms with Gasteiger partial charge < -0.3 is 9.80 Å². The highest BCUT2D eigenvalue weighted by Gasteiger charge is 2.08. The van der Waals surface area contributed by atoms with Crippen molar-refractivity contribution in [3.63, 3.8) is 0 Å². The van der Waals surface area contributed by atoms with E-state index in [0.29, 0.717) is 0 Å². The summed E-state index contributed by atoms with van der Waals surface area (Å²) >= 11 is 0. The molecule has 0 spiro atoms. The molecule has 0 atom stereocenters. The lowest BCUT2D eigenvalue weighted by Gasteiger charge is -2.31. The lowest BCUT2D eigenvalue weighted by molar-refractivity contribution is 0.198. The summed E-state index contributed by atoms with van der Waals surface area (Å²) in [5, 5.41) is 0. The highest BCUT2D eigenvalue weighted by atomic mass is 15.2. The summed E-state index contributed by atoms with van der Waals surface area (Å²) in [6.45, 7) is 6.83. The van der Waals surface area contributed by atoms with Gasteiger partial charge in [-0.05, 0) is 20.2 Å². The summed E-state index contributed by atoms with van der Waals surface area (Å²) < 4.78 is 0. The molecule has 1 fully saturated rings. The van der Waals surface area contributed by atoms with Crippen LogP contribution in [0.4, 0.5) is 0 Å². The molecular weight excluding hydrogens is 124 g/mol. The van der Waals surface area contributed by atoms with E-state index in [1.165, 1.54) is 26.2 Å². The van der Waals surface area contributed by atoms with Crippen molar-refractivity contribution in [2.75, 3.05) is 33.2 Å². The molecule has 0 bridgehead atoms. The molecule has 1 aliphatic rings. The van der Waals surface area contributed by atoms with Gasteiger partial charge in [0.2, 0.25) is 0 Å². The van der Waals surface area contributed by atoms with Gasteiger partial charge in [0.15, 0.2) is 0 Å². The zero-order chi connectivity index (χ0) is 7.40. The van der Waals surface area contributed by atoms with Crippen LogP contribution in [0.25, 0.3) is 0 Å². The smallest absolute Gasteiger partial charge is 0.0300 e. The summed E-state index contributed by atoms with van der Waals surface area (Å²) in [6, 6.07) is 0. The highest BCUT2D eigenvalue weighted by Crippen LogP contribution is 1.98. The first-order chi connectivity index (χ1) is 4.83. The van der Waals surface area contributed by atoms with Crippen LogP contribution in [0.3, 0.4) is 0 Å². The minimum Gasteiger partial charge on any atom is -0.375 e. The second-order valence-electron chi connectivity index (χ2n) is 2.82. The van der Waals surface area contributed by atoms with Gasteiger partial charge in [0.25, 0.3) is 0 Å². The van der Waals surface area contributed by atoms with E-state index in [1.807, 2.05) is 0 Å². The highest BCUT2D eigenvalue weighted by molar-refractivity contribution is 4.82. The van der Waals surface area contributed by atoms with Crippen LogP contribution in [0.5, 0.6) is 0 Å². The Balaban J connectivity index is 2.26. The average Bonchev–Trinajstić information content (AvgIpc) is 1.95. The van der Waals surface area contributed by atoms with Gasteiger partial charge in [-0.3, -0.25) is 0 Å². The molecule has 1 aliphatic heterocycles. The second kappa shape index (κ2) is 3.62. The number of piperazine rings is 1. The van der Waals surface area contributed by atoms with Crippen LogP contribution >= 0.6 is 0 Å². The van der Waals surface area contributed by atoms with Crippen molar-refractivity contribution in [1.29, 1.82) is 0 Å². The summed E-state index contributed by atoms with van der Waals surface area (Å²) in [7, 11) is 2.17. The molecule has 0 amide bonds. The van der Waals surface area contributed by atoms with Gasteiger partial charge in [0, 0.05) is 26.2 Å². The molecule has 1 saturated heterocycles. The van der Waals surface area contributed by atoms with Gasteiger partial charge in [-0.25, -0.2) is 0 Å². The monoisotopic (exact) mass is 140 g/mol. The summed E-state index contributed by atoms with van der Waals surface area (Å²) in [6.07, 6.45) is 4.28. The van der Waals surface area contributed by atoms with E-state index in [0.717, 1.165) is 0 Å². The Hall–Kier alpha value is -0.500. The van der Waals surface area contributed by atoms with E-state index in [-0.39, 0.29) is 0 Å². The summed E-state index contributed by atoms with van der Waals surface area (Å²) in [4.78, 5) is 4.72. The lowest BCUT2D eigenvalue weighted by Crippen LogP contribution is -2.41. The lowest BCUT2D eigenvalue weighted by atomic mass is 10.3. The molecule has 0 saturated carbocycles. The fourth-order valence-corrected chi connectivity index (χ4v) is 1.18. The Kier molecular flexibility index (Phi) is 2.75. The Morgan fingerprint density at radius 1 is 1.10 bits per heavy atom. The number of hydrogen-bond acceptors (Lipinski definition) is 2. The molecule has 0 aromatic carbocycles. The van der Waals surface area contributed by atoms with Gasteiger partial charge in [-0.2, -0.15) is 0 Å². The molecule has 0 N–H and O–H groups in total. The predicted molar refractivity (Wildman–Crippen MR) is 43.9 cm³/mol. The third-order valence-corrected chi connectivity index (χ3v) is 1.90. The number of nitrogens with zero attached hydrogens (tertiary/aromatic N) is 2. The van der Waals surface area contributed by atoms with Crippen LogP contribution in [0.15, 0.2) is 12.3 Å². The first-order valence-electron chi connectivity index (χ1n) is 3.88. The molecular formula is C8H16N2. The molecule has 0 aromatic rings. The fraction of sp³-hybridized carbons (Fsp3) is 0.750. The molecule has 10 heavy (non-hydrogen) atoms. The quantitative estimate of drug-likeness (QED) is 0.531. The van der Waals surface area contributed by atoms with Crippen molar-refractivity contribution >= 4 is 0 Å². The maximum Gasteiger partial charge on any atom is 0.0300 e. The topological polar surface area (TPSA) is 6.48 Å². The zero-order valence-corrected chi connectivity index (χ0v) is 6.88. The number of allylic oxidation sites excluding steroid dienone is 1. The SMILES string of the molecule is C/C=C\N1CCN(C)CC1.